The molecule has 0 radical (unpaired) electrons. The first-order valence-electron chi connectivity index (χ1n) is 12.2. The largest absolute Gasteiger partial charge is 0.326 e. The third-order valence-electron chi connectivity index (χ3n) is 7.91. The van der Waals surface area contributed by atoms with Crippen molar-refractivity contribution in [3.8, 4) is 0 Å². The molecular formula is C25H37N5O3. The fourth-order valence-electron chi connectivity index (χ4n) is 5.76. The first-order chi connectivity index (χ1) is 15.7. The van der Waals surface area contributed by atoms with Crippen molar-refractivity contribution in [3.05, 3.63) is 29.3 Å². The van der Waals surface area contributed by atoms with E-state index in [4.69, 9.17) is 0 Å². The van der Waals surface area contributed by atoms with Crippen molar-refractivity contribution < 1.29 is 14.4 Å². The predicted octanol–water partition coefficient (Wildman–Crippen LogP) is 2.56. The van der Waals surface area contributed by atoms with Crippen molar-refractivity contribution in [1.82, 2.24) is 20.0 Å². The van der Waals surface area contributed by atoms with E-state index in [1.165, 1.54) is 4.90 Å². The summed E-state index contributed by atoms with van der Waals surface area (Å²) in [7, 11) is 0. The molecular weight excluding hydrogens is 418 g/mol. The van der Waals surface area contributed by atoms with Gasteiger partial charge in [0.25, 0.3) is 5.91 Å². The van der Waals surface area contributed by atoms with Gasteiger partial charge in [0.1, 0.15) is 5.54 Å². The van der Waals surface area contributed by atoms with Crippen LogP contribution >= 0.6 is 0 Å². The van der Waals surface area contributed by atoms with Crippen molar-refractivity contribution in [3.63, 3.8) is 0 Å². The molecule has 4 rings (SSSR count). The number of imide groups is 1. The number of nitrogens with one attached hydrogen (secondary N) is 2. The maximum absolute atomic E-state index is 13.4. The van der Waals surface area contributed by atoms with Gasteiger partial charge in [-0.05, 0) is 49.7 Å². The summed E-state index contributed by atoms with van der Waals surface area (Å²) in [5.74, 6) is 0.213. The van der Waals surface area contributed by atoms with Gasteiger partial charge in [-0.25, -0.2) is 9.69 Å². The molecule has 1 aromatic carbocycles. The second-order valence-corrected chi connectivity index (χ2v) is 10.1. The number of aryl methyl sites for hydroxylation is 2. The Morgan fingerprint density at radius 1 is 1.03 bits per heavy atom. The molecule has 8 heteroatoms. The third kappa shape index (κ3) is 4.51. The Labute approximate surface area is 196 Å². The van der Waals surface area contributed by atoms with E-state index in [2.05, 4.69) is 34.3 Å². The maximum Gasteiger partial charge on any atom is 0.326 e. The van der Waals surface area contributed by atoms with Crippen LogP contribution in [0.3, 0.4) is 0 Å². The van der Waals surface area contributed by atoms with Gasteiger partial charge in [-0.1, -0.05) is 38.5 Å². The fourth-order valence-corrected chi connectivity index (χ4v) is 5.76. The Kier molecular flexibility index (Phi) is 6.77. The van der Waals surface area contributed by atoms with E-state index in [-0.39, 0.29) is 29.7 Å². The average Bonchev–Trinajstić information content (AvgIpc) is 3.02. The topological polar surface area (TPSA) is 85.0 Å². The van der Waals surface area contributed by atoms with Gasteiger partial charge in [0, 0.05) is 31.9 Å². The molecule has 2 unspecified atom stereocenters. The van der Waals surface area contributed by atoms with E-state index in [9.17, 15) is 14.4 Å². The number of amides is 4. The zero-order valence-electron chi connectivity index (χ0n) is 20.3. The number of benzene rings is 1. The van der Waals surface area contributed by atoms with Gasteiger partial charge in [0.2, 0.25) is 5.91 Å². The van der Waals surface area contributed by atoms with Crippen molar-refractivity contribution in [2.24, 2.45) is 11.8 Å². The van der Waals surface area contributed by atoms with Crippen LogP contribution in [0.5, 0.6) is 0 Å². The number of para-hydroxylation sites is 1. The molecule has 4 amide bonds. The lowest BCUT2D eigenvalue weighted by Gasteiger charge is -2.42. The molecule has 1 saturated carbocycles. The molecule has 33 heavy (non-hydrogen) atoms. The van der Waals surface area contributed by atoms with Gasteiger partial charge in [0.15, 0.2) is 0 Å². The summed E-state index contributed by atoms with van der Waals surface area (Å²) in [5.41, 5.74) is 2.25. The maximum atomic E-state index is 13.4. The Morgan fingerprint density at radius 2 is 1.61 bits per heavy atom. The number of piperazine rings is 1. The molecule has 2 saturated heterocycles. The number of nitrogens with zero attached hydrogens (tertiary/aromatic N) is 3. The van der Waals surface area contributed by atoms with Crippen LogP contribution < -0.4 is 10.6 Å². The molecule has 180 valence electrons. The highest BCUT2D eigenvalue weighted by Gasteiger charge is 2.58. The molecule has 0 aromatic heterocycles. The highest BCUT2D eigenvalue weighted by molar-refractivity contribution is 6.07. The monoisotopic (exact) mass is 455 g/mol. The molecule has 1 spiro atoms. The number of urea groups is 1. The number of rotatable bonds is 5. The number of carbonyl (C=O) groups is 3. The van der Waals surface area contributed by atoms with E-state index < -0.39 is 5.54 Å². The SMILES string of the molecule is Cc1cccc(C)c1NC(=O)CN1CCN(CN2C(=O)NC3(C2=O)C(C)CCCC3C)CC1. The average molecular weight is 456 g/mol. The Bertz CT molecular complexity index is 894. The van der Waals surface area contributed by atoms with Crippen molar-refractivity contribution in [2.45, 2.75) is 52.5 Å². The molecule has 3 fully saturated rings. The summed E-state index contributed by atoms with van der Waals surface area (Å²) in [6.45, 7) is 11.7. The summed E-state index contributed by atoms with van der Waals surface area (Å²) in [5, 5.41) is 6.12. The molecule has 2 atom stereocenters. The van der Waals surface area contributed by atoms with Crippen LogP contribution in [0, 0.1) is 25.7 Å². The van der Waals surface area contributed by atoms with E-state index in [0.717, 1.165) is 49.2 Å². The van der Waals surface area contributed by atoms with Gasteiger partial charge in [-0.15, -0.1) is 0 Å². The van der Waals surface area contributed by atoms with Crippen LogP contribution in [0.4, 0.5) is 10.5 Å². The van der Waals surface area contributed by atoms with Crippen LogP contribution in [-0.2, 0) is 9.59 Å². The quantitative estimate of drug-likeness (QED) is 0.667. The molecule has 1 aliphatic carbocycles. The highest BCUT2D eigenvalue weighted by Crippen LogP contribution is 2.42. The van der Waals surface area contributed by atoms with E-state index in [1.54, 1.807) is 0 Å². The van der Waals surface area contributed by atoms with Gasteiger partial charge in [-0.2, -0.15) is 0 Å². The molecule has 2 aliphatic heterocycles. The number of hydrogen-bond donors (Lipinski definition) is 2. The first-order valence-corrected chi connectivity index (χ1v) is 12.2. The summed E-state index contributed by atoms with van der Waals surface area (Å²) in [4.78, 5) is 44.4. The third-order valence-corrected chi connectivity index (χ3v) is 7.91. The molecule has 3 aliphatic rings. The first kappa shape index (κ1) is 23.7. The molecule has 0 bridgehead atoms. The zero-order valence-corrected chi connectivity index (χ0v) is 20.3. The summed E-state index contributed by atoms with van der Waals surface area (Å²) in [6.07, 6.45) is 3.03. The number of anilines is 1. The van der Waals surface area contributed by atoms with Crippen LogP contribution in [0.1, 0.15) is 44.2 Å². The summed E-state index contributed by atoms with van der Waals surface area (Å²) >= 11 is 0. The lowest BCUT2D eigenvalue weighted by Crippen LogP contribution is -2.59. The van der Waals surface area contributed by atoms with Gasteiger partial charge >= 0.3 is 6.03 Å². The van der Waals surface area contributed by atoms with Crippen LogP contribution in [0.2, 0.25) is 0 Å². The standard InChI is InChI=1S/C25H37N5O3/c1-17-7-5-8-18(2)22(17)26-21(31)15-28-11-13-29(14-12-28)16-30-23(32)25(27-24(30)33)19(3)9-6-10-20(25)4/h5,7-8,19-20H,6,9-16H2,1-4H3,(H,26,31)(H,27,33). The summed E-state index contributed by atoms with van der Waals surface area (Å²) in [6, 6.07) is 5.71. The minimum absolute atomic E-state index is 0.0165. The lowest BCUT2D eigenvalue weighted by molar-refractivity contribution is -0.138. The van der Waals surface area contributed by atoms with Crippen LogP contribution in [-0.4, -0.2) is 77.5 Å². The fraction of sp³-hybridized carbons (Fsp3) is 0.640. The van der Waals surface area contributed by atoms with Gasteiger partial charge in [0.05, 0.1) is 13.2 Å². The predicted molar refractivity (Wildman–Crippen MR) is 128 cm³/mol. The minimum Gasteiger partial charge on any atom is -0.324 e. The van der Waals surface area contributed by atoms with Crippen molar-refractivity contribution in [1.29, 1.82) is 0 Å². The smallest absolute Gasteiger partial charge is 0.324 e. The Morgan fingerprint density at radius 3 is 2.21 bits per heavy atom. The molecule has 2 N–H and O–H groups in total. The van der Waals surface area contributed by atoms with E-state index in [1.807, 2.05) is 32.0 Å². The van der Waals surface area contributed by atoms with E-state index in [0.29, 0.717) is 26.3 Å². The minimum atomic E-state index is -0.747. The summed E-state index contributed by atoms with van der Waals surface area (Å²) < 4.78 is 0. The van der Waals surface area contributed by atoms with Gasteiger partial charge in [-0.3, -0.25) is 19.4 Å². The van der Waals surface area contributed by atoms with Crippen LogP contribution in [0.25, 0.3) is 0 Å². The molecule has 8 nitrogen and oxygen atoms in total. The van der Waals surface area contributed by atoms with Crippen LogP contribution in [0.15, 0.2) is 18.2 Å². The van der Waals surface area contributed by atoms with E-state index >= 15 is 0 Å². The van der Waals surface area contributed by atoms with Crippen molar-refractivity contribution in [2.75, 3.05) is 44.7 Å². The zero-order chi connectivity index (χ0) is 23.8. The Balaban J connectivity index is 1.29. The normalized spacial score (nSPS) is 28.9. The van der Waals surface area contributed by atoms with Gasteiger partial charge < -0.3 is 10.6 Å². The second-order valence-electron chi connectivity index (χ2n) is 10.1. The highest BCUT2D eigenvalue weighted by atomic mass is 16.2. The lowest BCUT2D eigenvalue weighted by atomic mass is 9.67. The molecule has 1 aromatic rings. The number of hydrogen-bond acceptors (Lipinski definition) is 5. The second kappa shape index (κ2) is 9.43. The number of carbonyl (C=O) groups excluding carboxylic acids is 3. The molecule has 2 heterocycles. The Hall–Kier alpha value is -2.45. The van der Waals surface area contributed by atoms with Crippen molar-refractivity contribution >= 4 is 23.5 Å².